The van der Waals surface area contributed by atoms with Crippen LogP contribution in [0, 0.1) is 12.8 Å². The number of hydrogen-bond donors (Lipinski definition) is 0. The Labute approximate surface area is 110 Å². The lowest BCUT2D eigenvalue weighted by molar-refractivity contribution is -0.117. The molecule has 0 aliphatic heterocycles. The third-order valence-corrected chi connectivity index (χ3v) is 3.87. The molecule has 2 atom stereocenters. The average molecular weight is 242 g/mol. The van der Waals surface area contributed by atoms with Crippen molar-refractivity contribution in [3.63, 3.8) is 0 Å². The third-order valence-electron chi connectivity index (χ3n) is 3.87. The molecule has 96 valence electrons. The van der Waals surface area contributed by atoms with Gasteiger partial charge in [0.2, 0.25) is 0 Å². The lowest BCUT2D eigenvalue weighted by Gasteiger charge is -2.26. The first-order valence-electron chi connectivity index (χ1n) is 6.79. The first-order chi connectivity index (χ1) is 8.49. The Morgan fingerprint density at radius 2 is 2.17 bits per heavy atom. The van der Waals surface area contributed by atoms with Crippen molar-refractivity contribution in [1.82, 2.24) is 0 Å². The van der Waals surface area contributed by atoms with Gasteiger partial charge >= 0.3 is 0 Å². The van der Waals surface area contributed by atoms with E-state index in [-0.39, 0.29) is 5.78 Å². The molecule has 0 spiro atoms. The molecule has 18 heavy (non-hydrogen) atoms. The highest BCUT2D eigenvalue weighted by atomic mass is 16.1. The topological polar surface area (TPSA) is 17.1 Å². The summed E-state index contributed by atoms with van der Waals surface area (Å²) in [5, 5.41) is 0. The van der Waals surface area contributed by atoms with Gasteiger partial charge in [0.1, 0.15) is 5.78 Å². The Kier molecular flexibility index (Phi) is 3.70. The van der Waals surface area contributed by atoms with Gasteiger partial charge in [-0.25, -0.2) is 0 Å². The Hall–Kier alpha value is -1.37. The molecule has 0 aromatic heterocycles. The van der Waals surface area contributed by atoms with E-state index in [2.05, 4.69) is 45.0 Å². The number of carbonyl (C=O) groups is 1. The molecule has 1 heteroatoms. The van der Waals surface area contributed by atoms with Crippen LogP contribution in [0.2, 0.25) is 0 Å². The van der Waals surface area contributed by atoms with Crippen LogP contribution in [0.3, 0.4) is 0 Å². The van der Waals surface area contributed by atoms with Crippen LogP contribution >= 0.6 is 0 Å². The maximum atomic E-state index is 11.3. The minimum atomic E-state index is 0.274. The van der Waals surface area contributed by atoms with Gasteiger partial charge in [-0.15, -0.1) is 0 Å². The second-order valence-corrected chi connectivity index (χ2v) is 5.69. The molecule has 0 heterocycles. The number of benzene rings is 1. The summed E-state index contributed by atoms with van der Waals surface area (Å²) in [5.41, 5.74) is 5.46. The van der Waals surface area contributed by atoms with Crippen LogP contribution in [-0.4, -0.2) is 5.78 Å². The summed E-state index contributed by atoms with van der Waals surface area (Å²) < 4.78 is 0. The van der Waals surface area contributed by atoms with Gasteiger partial charge in [-0.3, -0.25) is 0 Å². The third kappa shape index (κ3) is 2.55. The molecule has 0 saturated carbocycles. The summed E-state index contributed by atoms with van der Waals surface area (Å²) in [6, 6.07) is 6.71. The molecule has 1 aliphatic rings. The normalized spacial score (nSPS) is 20.0. The van der Waals surface area contributed by atoms with Crippen molar-refractivity contribution < 1.29 is 4.79 Å². The van der Waals surface area contributed by atoms with Crippen molar-refractivity contribution in [1.29, 1.82) is 0 Å². The first kappa shape index (κ1) is 13.1. The zero-order valence-corrected chi connectivity index (χ0v) is 11.8. The van der Waals surface area contributed by atoms with Gasteiger partial charge in [-0.05, 0) is 48.8 Å². The van der Waals surface area contributed by atoms with E-state index in [1.165, 1.54) is 22.3 Å². The van der Waals surface area contributed by atoms with Crippen LogP contribution in [-0.2, 0) is 4.79 Å². The number of carbonyl (C=O) groups excluding carboxylic acids is 1. The van der Waals surface area contributed by atoms with E-state index >= 15 is 0 Å². The van der Waals surface area contributed by atoms with E-state index in [0.29, 0.717) is 18.3 Å². The lowest BCUT2D eigenvalue weighted by Crippen LogP contribution is -2.11. The van der Waals surface area contributed by atoms with Gasteiger partial charge in [-0.2, -0.15) is 0 Å². The Morgan fingerprint density at radius 1 is 1.44 bits per heavy atom. The summed E-state index contributed by atoms with van der Waals surface area (Å²) in [5.74, 6) is 1.20. The van der Waals surface area contributed by atoms with Crippen LogP contribution in [0.25, 0.3) is 5.57 Å². The fourth-order valence-corrected chi connectivity index (χ4v) is 2.90. The van der Waals surface area contributed by atoms with Crippen LogP contribution in [0.4, 0.5) is 0 Å². The number of hydrogen-bond acceptors (Lipinski definition) is 1. The molecule has 0 radical (unpaired) electrons. The summed E-state index contributed by atoms with van der Waals surface area (Å²) >= 11 is 0. The number of allylic oxidation sites excluding steroid dienone is 2. The number of rotatable bonds is 3. The van der Waals surface area contributed by atoms with Crippen molar-refractivity contribution in [3.05, 3.63) is 41.0 Å². The summed E-state index contributed by atoms with van der Waals surface area (Å²) in [4.78, 5) is 11.3. The Balaban J connectivity index is 2.39. The molecule has 1 aromatic rings. The maximum absolute atomic E-state index is 11.3. The fourth-order valence-electron chi connectivity index (χ4n) is 2.90. The molecular formula is C17H22O. The molecule has 1 aromatic carbocycles. The highest BCUT2D eigenvalue weighted by molar-refractivity contribution is 5.80. The Bertz CT molecular complexity index is 496. The second-order valence-electron chi connectivity index (χ2n) is 5.69. The maximum Gasteiger partial charge on any atom is 0.130 e. The number of Topliss-reactive ketones (excluding diaryl/α,β-unsaturated/α-hetero) is 1. The first-order valence-corrected chi connectivity index (χ1v) is 6.79. The quantitative estimate of drug-likeness (QED) is 0.762. The molecule has 0 N–H and O–H groups in total. The highest BCUT2D eigenvalue weighted by Gasteiger charge is 2.22. The largest absolute Gasteiger partial charge is 0.300 e. The van der Waals surface area contributed by atoms with Crippen LogP contribution in [0.15, 0.2) is 24.3 Å². The molecule has 0 amide bonds. The number of fused-ring (bicyclic) bond motifs is 1. The molecular weight excluding hydrogens is 220 g/mol. The van der Waals surface area contributed by atoms with Crippen molar-refractivity contribution in [3.8, 4) is 0 Å². The Morgan fingerprint density at radius 3 is 2.83 bits per heavy atom. The minimum absolute atomic E-state index is 0.274. The van der Waals surface area contributed by atoms with Gasteiger partial charge in [0, 0.05) is 6.42 Å². The predicted octanol–water partition coefficient (Wildman–Crippen LogP) is 4.50. The fraction of sp³-hybridized carbons (Fsp3) is 0.471. The van der Waals surface area contributed by atoms with Crippen molar-refractivity contribution >= 4 is 11.4 Å². The summed E-state index contributed by atoms with van der Waals surface area (Å²) in [7, 11) is 0. The summed E-state index contributed by atoms with van der Waals surface area (Å²) in [6.45, 7) is 8.25. The van der Waals surface area contributed by atoms with E-state index in [1.54, 1.807) is 6.92 Å². The van der Waals surface area contributed by atoms with Crippen LogP contribution < -0.4 is 0 Å². The molecule has 1 nitrogen and oxygen atoms in total. The van der Waals surface area contributed by atoms with Gasteiger partial charge in [0.15, 0.2) is 0 Å². The zero-order valence-electron chi connectivity index (χ0n) is 11.8. The standard InChI is InChI=1S/C17H22O/c1-11-5-7-15-12(2)6-8-16(17(15)9-11)13(3)10-14(4)18/h5,7-9,12-13H,6,10H2,1-4H3/t12-,13-/m0/s1. The lowest BCUT2D eigenvalue weighted by atomic mass is 9.78. The smallest absolute Gasteiger partial charge is 0.130 e. The zero-order chi connectivity index (χ0) is 13.3. The van der Waals surface area contributed by atoms with Crippen LogP contribution in [0.5, 0.6) is 0 Å². The van der Waals surface area contributed by atoms with Crippen molar-refractivity contribution in [2.45, 2.75) is 46.5 Å². The van der Waals surface area contributed by atoms with E-state index in [4.69, 9.17) is 0 Å². The van der Waals surface area contributed by atoms with Crippen LogP contribution in [0.1, 0.15) is 56.2 Å². The monoisotopic (exact) mass is 242 g/mol. The van der Waals surface area contributed by atoms with Gasteiger partial charge in [0.25, 0.3) is 0 Å². The van der Waals surface area contributed by atoms with E-state index in [0.717, 1.165) is 6.42 Å². The van der Waals surface area contributed by atoms with Crippen molar-refractivity contribution in [2.24, 2.45) is 5.92 Å². The molecule has 0 saturated heterocycles. The molecule has 0 unspecified atom stereocenters. The number of ketones is 1. The summed E-state index contributed by atoms with van der Waals surface area (Å²) in [6.07, 6.45) is 4.07. The second kappa shape index (κ2) is 5.09. The molecule has 2 rings (SSSR count). The average Bonchev–Trinajstić information content (AvgIpc) is 2.28. The molecule has 0 bridgehead atoms. The van der Waals surface area contributed by atoms with Gasteiger partial charge in [0.05, 0.1) is 0 Å². The SMILES string of the molecule is CC(=O)C[C@H](C)C1=CC[C@H](C)c2ccc(C)cc21. The number of aryl methyl sites for hydroxylation is 1. The van der Waals surface area contributed by atoms with E-state index in [1.807, 2.05) is 0 Å². The molecule has 0 fully saturated rings. The van der Waals surface area contributed by atoms with E-state index in [9.17, 15) is 4.79 Å². The van der Waals surface area contributed by atoms with Crippen molar-refractivity contribution in [2.75, 3.05) is 0 Å². The van der Waals surface area contributed by atoms with Gasteiger partial charge in [-0.1, -0.05) is 43.7 Å². The molecule has 1 aliphatic carbocycles. The van der Waals surface area contributed by atoms with E-state index < -0.39 is 0 Å². The predicted molar refractivity (Wildman–Crippen MR) is 76.7 cm³/mol. The minimum Gasteiger partial charge on any atom is -0.300 e. The van der Waals surface area contributed by atoms with Gasteiger partial charge < -0.3 is 4.79 Å². The highest BCUT2D eigenvalue weighted by Crippen LogP contribution is 2.39.